The Bertz CT molecular complexity index is 385. The van der Waals surface area contributed by atoms with Gasteiger partial charge < -0.3 is 10.5 Å². The first kappa shape index (κ1) is 11.0. The van der Waals surface area contributed by atoms with Crippen LogP contribution in [0.2, 0.25) is 0 Å². The number of nitrogens with two attached hydrogens (primary N) is 1. The van der Waals surface area contributed by atoms with Crippen molar-refractivity contribution in [1.29, 1.82) is 0 Å². The molecule has 1 aromatic rings. The molecular weight excluding hydrogens is 254 g/mol. The summed E-state index contributed by atoms with van der Waals surface area (Å²) in [5.74, 6) is 0.934. The second-order valence-corrected chi connectivity index (χ2v) is 5.30. The van der Waals surface area contributed by atoms with E-state index in [9.17, 15) is 0 Å². The molecule has 0 radical (unpaired) electrons. The molecule has 0 saturated heterocycles. The van der Waals surface area contributed by atoms with Gasteiger partial charge in [0.15, 0.2) is 0 Å². The van der Waals surface area contributed by atoms with Crippen LogP contribution in [-0.2, 0) is 6.42 Å². The monoisotopic (exact) mass is 269 g/mol. The van der Waals surface area contributed by atoms with Crippen LogP contribution >= 0.6 is 15.9 Å². The Morgan fingerprint density at radius 3 is 2.67 bits per heavy atom. The lowest BCUT2D eigenvalue weighted by atomic mass is 10.0. The number of hydrogen-bond donors (Lipinski definition) is 1. The van der Waals surface area contributed by atoms with E-state index in [2.05, 4.69) is 28.1 Å². The lowest BCUT2D eigenvalue weighted by molar-refractivity contribution is 0.410. The fourth-order valence-electron chi connectivity index (χ4n) is 1.76. The summed E-state index contributed by atoms with van der Waals surface area (Å²) in [6.07, 6.45) is 3.23. The third kappa shape index (κ3) is 2.34. The van der Waals surface area contributed by atoms with Crippen LogP contribution in [0.3, 0.4) is 0 Å². The van der Waals surface area contributed by atoms with Crippen LogP contribution in [0.5, 0.6) is 5.75 Å². The van der Waals surface area contributed by atoms with Gasteiger partial charge in [-0.05, 0) is 43.9 Å². The molecule has 1 saturated carbocycles. The molecule has 82 valence electrons. The summed E-state index contributed by atoms with van der Waals surface area (Å²) in [5, 5.41) is 0. The molecule has 0 aromatic heterocycles. The predicted molar refractivity (Wildman–Crippen MR) is 65.3 cm³/mol. The second-order valence-electron chi connectivity index (χ2n) is 4.44. The van der Waals surface area contributed by atoms with Gasteiger partial charge in [-0.25, -0.2) is 0 Å². The molecule has 1 fully saturated rings. The number of benzene rings is 1. The van der Waals surface area contributed by atoms with Crippen molar-refractivity contribution < 1.29 is 4.74 Å². The van der Waals surface area contributed by atoms with Gasteiger partial charge in [0, 0.05) is 15.6 Å². The van der Waals surface area contributed by atoms with E-state index in [1.54, 1.807) is 7.11 Å². The van der Waals surface area contributed by atoms with Crippen LogP contribution in [0.15, 0.2) is 16.6 Å². The molecule has 0 aliphatic heterocycles. The van der Waals surface area contributed by atoms with Gasteiger partial charge in [-0.2, -0.15) is 0 Å². The maximum absolute atomic E-state index is 6.10. The van der Waals surface area contributed by atoms with Gasteiger partial charge in [0.2, 0.25) is 0 Å². The lowest BCUT2D eigenvalue weighted by Crippen LogP contribution is -2.24. The zero-order valence-corrected chi connectivity index (χ0v) is 10.7. The summed E-state index contributed by atoms with van der Waals surface area (Å²) in [6, 6.07) is 4.23. The lowest BCUT2D eigenvalue weighted by Gasteiger charge is -2.13. The van der Waals surface area contributed by atoms with Crippen LogP contribution in [0.25, 0.3) is 0 Å². The van der Waals surface area contributed by atoms with Gasteiger partial charge in [0.25, 0.3) is 0 Å². The largest absolute Gasteiger partial charge is 0.496 e. The zero-order chi connectivity index (χ0) is 11.1. The van der Waals surface area contributed by atoms with E-state index in [1.807, 2.05) is 6.92 Å². The van der Waals surface area contributed by atoms with Gasteiger partial charge in [0.05, 0.1) is 7.11 Å². The molecular formula is C12H16BrNO. The van der Waals surface area contributed by atoms with Crippen molar-refractivity contribution in [3.63, 3.8) is 0 Å². The molecule has 0 amide bonds. The third-order valence-corrected chi connectivity index (χ3v) is 3.85. The highest BCUT2D eigenvalue weighted by molar-refractivity contribution is 9.10. The maximum atomic E-state index is 6.10. The molecule has 2 N–H and O–H groups in total. The third-order valence-electron chi connectivity index (χ3n) is 3.02. The Kier molecular flexibility index (Phi) is 2.77. The van der Waals surface area contributed by atoms with Crippen molar-refractivity contribution in [2.75, 3.05) is 7.11 Å². The second kappa shape index (κ2) is 3.80. The normalized spacial score (nSPS) is 17.6. The van der Waals surface area contributed by atoms with Crippen LogP contribution in [0.4, 0.5) is 0 Å². The van der Waals surface area contributed by atoms with Gasteiger partial charge in [-0.15, -0.1) is 0 Å². The number of ether oxygens (including phenoxy) is 1. The van der Waals surface area contributed by atoms with Crippen LogP contribution in [-0.4, -0.2) is 12.6 Å². The topological polar surface area (TPSA) is 35.2 Å². The zero-order valence-electron chi connectivity index (χ0n) is 9.14. The first-order valence-electron chi connectivity index (χ1n) is 5.16. The average molecular weight is 270 g/mol. The highest BCUT2D eigenvalue weighted by atomic mass is 79.9. The Morgan fingerprint density at radius 1 is 1.47 bits per heavy atom. The Labute approximate surface area is 98.9 Å². The molecule has 2 nitrogen and oxygen atoms in total. The van der Waals surface area contributed by atoms with E-state index in [-0.39, 0.29) is 5.54 Å². The molecule has 1 aromatic carbocycles. The van der Waals surface area contributed by atoms with E-state index in [1.165, 1.54) is 5.56 Å². The Morgan fingerprint density at radius 2 is 2.13 bits per heavy atom. The highest BCUT2D eigenvalue weighted by Gasteiger charge is 2.38. The summed E-state index contributed by atoms with van der Waals surface area (Å²) in [7, 11) is 1.70. The maximum Gasteiger partial charge on any atom is 0.123 e. The highest BCUT2D eigenvalue weighted by Crippen LogP contribution is 2.37. The Hall–Kier alpha value is -0.540. The Balaban J connectivity index is 2.28. The van der Waals surface area contributed by atoms with Crippen molar-refractivity contribution >= 4 is 15.9 Å². The van der Waals surface area contributed by atoms with Gasteiger partial charge in [-0.3, -0.25) is 0 Å². The van der Waals surface area contributed by atoms with Gasteiger partial charge in [-0.1, -0.05) is 15.9 Å². The first-order valence-corrected chi connectivity index (χ1v) is 5.95. The van der Waals surface area contributed by atoms with Gasteiger partial charge >= 0.3 is 0 Å². The molecule has 1 aliphatic carbocycles. The number of halogens is 1. The average Bonchev–Trinajstić information content (AvgIpc) is 2.89. The van der Waals surface area contributed by atoms with Crippen molar-refractivity contribution in [2.45, 2.75) is 31.7 Å². The van der Waals surface area contributed by atoms with Gasteiger partial charge in [0.1, 0.15) is 5.75 Å². The number of methoxy groups -OCH3 is 1. The van der Waals surface area contributed by atoms with E-state index < -0.39 is 0 Å². The minimum absolute atomic E-state index is 0.0553. The summed E-state index contributed by atoms with van der Waals surface area (Å²) < 4.78 is 6.43. The summed E-state index contributed by atoms with van der Waals surface area (Å²) in [6.45, 7) is 2.04. The molecule has 0 heterocycles. The summed E-state index contributed by atoms with van der Waals surface area (Å²) >= 11 is 3.54. The van der Waals surface area contributed by atoms with E-state index in [4.69, 9.17) is 10.5 Å². The van der Waals surface area contributed by atoms with Crippen molar-refractivity contribution in [3.8, 4) is 5.75 Å². The molecule has 15 heavy (non-hydrogen) atoms. The molecule has 0 spiro atoms. The summed E-state index contributed by atoms with van der Waals surface area (Å²) in [4.78, 5) is 0. The molecule has 2 rings (SSSR count). The number of hydrogen-bond acceptors (Lipinski definition) is 2. The number of rotatable bonds is 3. The SMILES string of the molecule is COc1cc(CC2(N)CC2)cc(Br)c1C. The van der Waals surface area contributed by atoms with Crippen LogP contribution in [0, 0.1) is 6.92 Å². The fourth-order valence-corrected chi connectivity index (χ4v) is 2.25. The predicted octanol–water partition coefficient (Wildman–Crippen LogP) is 2.80. The molecule has 0 unspecified atom stereocenters. The standard InChI is InChI=1S/C12H16BrNO/c1-8-10(13)5-9(6-11(8)15-2)7-12(14)3-4-12/h5-6H,3-4,7,14H2,1-2H3. The quantitative estimate of drug-likeness (QED) is 0.916. The van der Waals surface area contributed by atoms with Crippen molar-refractivity contribution in [1.82, 2.24) is 0 Å². The molecule has 3 heteroatoms. The van der Waals surface area contributed by atoms with Crippen molar-refractivity contribution in [3.05, 3.63) is 27.7 Å². The van der Waals surface area contributed by atoms with E-state index in [0.29, 0.717) is 0 Å². The first-order chi connectivity index (χ1) is 7.04. The minimum atomic E-state index is 0.0553. The molecule has 0 bridgehead atoms. The fraction of sp³-hybridized carbons (Fsp3) is 0.500. The smallest absolute Gasteiger partial charge is 0.123 e. The van der Waals surface area contributed by atoms with Crippen LogP contribution in [0.1, 0.15) is 24.0 Å². The van der Waals surface area contributed by atoms with E-state index in [0.717, 1.165) is 35.0 Å². The van der Waals surface area contributed by atoms with Crippen LogP contribution < -0.4 is 10.5 Å². The molecule has 1 aliphatic rings. The van der Waals surface area contributed by atoms with Crippen molar-refractivity contribution in [2.24, 2.45) is 5.73 Å². The minimum Gasteiger partial charge on any atom is -0.496 e. The van der Waals surface area contributed by atoms with E-state index >= 15 is 0 Å². The summed E-state index contributed by atoms with van der Waals surface area (Å²) in [5.41, 5.74) is 8.55. The molecule has 0 atom stereocenters.